The van der Waals surface area contributed by atoms with E-state index >= 15 is 0 Å². The molecule has 1 saturated heterocycles. The van der Waals surface area contributed by atoms with Crippen LogP contribution in [0, 0.1) is 0 Å². The van der Waals surface area contributed by atoms with Crippen LogP contribution in [0.5, 0.6) is 5.75 Å². The lowest BCUT2D eigenvalue weighted by atomic mass is 10.1. The summed E-state index contributed by atoms with van der Waals surface area (Å²) >= 11 is 0. The fourth-order valence-electron chi connectivity index (χ4n) is 3.33. The monoisotopic (exact) mass is 418 g/mol. The molecular formula is C20H26N4O4S. The van der Waals surface area contributed by atoms with Gasteiger partial charge in [-0.25, -0.2) is 13.6 Å². The van der Waals surface area contributed by atoms with E-state index in [0.29, 0.717) is 6.54 Å². The molecule has 1 aliphatic rings. The van der Waals surface area contributed by atoms with Crippen LogP contribution in [0.25, 0.3) is 0 Å². The first kappa shape index (κ1) is 21.1. The second kappa shape index (κ2) is 8.81. The van der Waals surface area contributed by atoms with E-state index in [1.807, 2.05) is 18.2 Å². The van der Waals surface area contributed by atoms with Crippen LogP contribution in [0.1, 0.15) is 15.9 Å². The molecule has 0 unspecified atom stereocenters. The summed E-state index contributed by atoms with van der Waals surface area (Å²) in [5.41, 5.74) is 2.20. The summed E-state index contributed by atoms with van der Waals surface area (Å²) < 4.78 is 28.5. The number of sulfonamides is 1. The van der Waals surface area contributed by atoms with Gasteiger partial charge < -0.3 is 19.9 Å². The van der Waals surface area contributed by atoms with Gasteiger partial charge in [0, 0.05) is 38.4 Å². The van der Waals surface area contributed by atoms with Crippen LogP contribution in [0.3, 0.4) is 0 Å². The molecule has 0 spiro atoms. The van der Waals surface area contributed by atoms with Crippen molar-refractivity contribution in [2.24, 2.45) is 5.14 Å². The van der Waals surface area contributed by atoms with E-state index in [0.717, 1.165) is 37.4 Å². The molecule has 1 heterocycles. The molecule has 8 nitrogen and oxygen atoms in total. The van der Waals surface area contributed by atoms with Crippen LogP contribution >= 0.6 is 0 Å². The first-order valence-corrected chi connectivity index (χ1v) is 10.8. The largest absolute Gasteiger partial charge is 0.496 e. The Bertz CT molecular complexity index is 986. The number of hydrogen-bond donors (Lipinski definition) is 2. The third-order valence-corrected chi connectivity index (χ3v) is 5.93. The van der Waals surface area contributed by atoms with Crippen LogP contribution in [0.2, 0.25) is 0 Å². The number of rotatable bonds is 6. The Kier molecular flexibility index (Phi) is 6.41. The quantitative estimate of drug-likeness (QED) is 0.726. The molecule has 0 aliphatic carbocycles. The molecule has 9 heteroatoms. The molecular weight excluding hydrogens is 392 g/mol. The number of benzene rings is 2. The highest BCUT2D eigenvalue weighted by molar-refractivity contribution is 7.89. The molecule has 29 heavy (non-hydrogen) atoms. The predicted octanol–water partition coefficient (Wildman–Crippen LogP) is 1.02. The van der Waals surface area contributed by atoms with E-state index in [-0.39, 0.29) is 16.2 Å². The number of anilines is 1. The maximum atomic E-state index is 12.8. The molecule has 156 valence electrons. The van der Waals surface area contributed by atoms with Gasteiger partial charge in [-0.2, -0.15) is 0 Å². The maximum Gasteiger partial charge on any atom is 0.255 e. The molecule has 0 radical (unpaired) electrons. The third kappa shape index (κ3) is 5.06. The lowest BCUT2D eigenvalue weighted by Crippen LogP contribution is -2.45. The van der Waals surface area contributed by atoms with Gasteiger partial charge in [0.25, 0.3) is 5.91 Å². The average Bonchev–Trinajstić information content (AvgIpc) is 2.71. The number of methoxy groups -OCH3 is 1. The van der Waals surface area contributed by atoms with E-state index in [2.05, 4.69) is 28.2 Å². The minimum absolute atomic E-state index is 0.121. The Morgan fingerprint density at radius 3 is 2.48 bits per heavy atom. The fourth-order valence-corrected chi connectivity index (χ4v) is 3.87. The van der Waals surface area contributed by atoms with Gasteiger partial charge >= 0.3 is 0 Å². The number of para-hydroxylation sites is 1. The van der Waals surface area contributed by atoms with Gasteiger partial charge in [-0.05, 0) is 36.9 Å². The number of nitrogens with zero attached hydrogens (tertiary/aromatic N) is 2. The van der Waals surface area contributed by atoms with Crippen molar-refractivity contribution in [2.45, 2.75) is 11.4 Å². The van der Waals surface area contributed by atoms with Crippen LogP contribution in [0.4, 0.5) is 5.69 Å². The Morgan fingerprint density at radius 2 is 1.83 bits per heavy atom. The lowest BCUT2D eigenvalue weighted by molar-refractivity contribution is 0.0947. The van der Waals surface area contributed by atoms with Crippen LogP contribution in [-0.2, 0) is 16.6 Å². The van der Waals surface area contributed by atoms with Crippen molar-refractivity contribution in [3.8, 4) is 5.75 Å². The molecule has 0 aromatic heterocycles. The number of carbonyl (C=O) groups excluding carboxylic acids is 1. The summed E-state index contributed by atoms with van der Waals surface area (Å²) in [6, 6.07) is 11.9. The zero-order valence-electron chi connectivity index (χ0n) is 16.6. The third-order valence-electron chi connectivity index (χ3n) is 5.02. The number of primary sulfonamides is 1. The van der Waals surface area contributed by atoms with Gasteiger partial charge in [0.05, 0.1) is 17.6 Å². The van der Waals surface area contributed by atoms with Gasteiger partial charge in [-0.3, -0.25) is 4.79 Å². The number of hydrogen-bond acceptors (Lipinski definition) is 6. The van der Waals surface area contributed by atoms with Gasteiger partial charge in [0.15, 0.2) is 0 Å². The molecule has 2 aromatic rings. The predicted molar refractivity (Wildman–Crippen MR) is 112 cm³/mol. The molecule has 1 aliphatic heterocycles. The number of amides is 1. The first-order chi connectivity index (χ1) is 13.8. The Morgan fingerprint density at radius 1 is 1.14 bits per heavy atom. The molecule has 3 N–H and O–H groups in total. The summed E-state index contributed by atoms with van der Waals surface area (Å²) in [5, 5.41) is 8.05. The van der Waals surface area contributed by atoms with Gasteiger partial charge in [0.1, 0.15) is 5.75 Å². The molecule has 3 rings (SSSR count). The lowest BCUT2D eigenvalue weighted by Gasteiger charge is -2.35. The summed E-state index contributed by atoms with van der Waals surface area (Å²) in [7, 11) is -0.397. The van der Waals surface area contributed by atoms with Crippen molar-refractivity contribution in [1.29, 1.82) is 0 Å². The second-order valence-corrected chi connectivity index (χ2v) is 8.57. The first-order valence-electron chi connectivity index (χ1n) is 9.30. The topological polar surface area (TPSA) is 105 Å². The summed E-state index contributed by atoms with van der Waals surface area (Å²) in [6.45, 7) is 4.12. The number of nitrogens with one attached hydrogen (secondary N) is 1. The Balaban J connectivity index is 1.78. The highest BCUT2D eigenvalue weighted by Crippen LogP contribution is 2.24. The summed E-state index contributed by atoms with van der Waals surface area (Å²) in [5.74, 6) is -0.150. The average molecular weight is 419 g/mol. The van der Waals surface area contributed by atoms with Crippen molar-refractivity contribution < 1.29 is 17.9 Å². The molecule has 1 amide bonds. The van der Waals surface area contributed by atoms with Crippen molar-refractivity contribution in [3.63, 3.8) is 0 Å². The van der Waals surface area contributed by atoms with Crippen molar-refractivity contribution in [2.75, 3.05) is 45.2 Å². The highest BCUT2D eigenvalue weighted by Gasteiger charge is 2.19. The van der Waals surface area contributed by atoms with Crippen molar-refractivity contribution >= 4 is 21.6 Å². The molecule has 2 aromatic carbocycles. The Labute approximate surface area is 171 Å². The van der Waals surface area contributed by atoms with Gasteiger partial charge in [-0.15, -0.1) is 0 Å². The number of carbonyl (C=O) groups is 1. The standard InChI is InChI=1S/C20H26N4O4S/c1-23-9-11-24(12-10-23)18-6-4-3-5-15(18)14-22-20(25)17-13-16(29(21,26)27)7-8-19(17)28-2/h3-8,13H,9-12,14H2,1-2H3,(H,22,25)(H2,21,26,27). The van der Waals surface area contributed by atoms with Crippen LogP contribution in [0.15, 0.2) is 47.4 Å². The van der Waals surface area contributed by atoms with E-state index in [1.165, 1.54) is 25.3 Å². The zero-order valence-corrected chi connectivity index (χ0v) is 17.4. The minimum Gasteiger partial charge on any atom is -0.496 e. The van der Waals surface area contributed by atoms with Crippen LogP contribution in [-0.4, -0.2) is 59.6 Å². The maximum absolute atomic E-state index is 12.8. The smallest absolute Gasteiger partial charge is 0.255 e. The number of piperazine rings is 1. The summed E-state index contributed by atoms with van der Waals surface area (Å²) in [4.78, 5) is 17.2. The summed E-state index contributed by atoms with van der Waals surface area (Å²) in [6.07, 6.45) is 0. The highest BCUT2D eigenvalue weighted by atomic mass is 32.2. The number of likely N-dealkylation sites (N-methyl/N-ethyl adjacent to an activating group) is 1. The van der Waals surface area contributed by atoms with E-state index in [4.69, 9.17) is 9.88 Å². The molecule has 0 bridgehead atoms. The zero-order chi connectivity index (χ0) is 21.0. The molecule has 0 atom stereocenters. The van der Waals surface area contributed by atoms with Gasteiger partial charge in [-0.1, -0.05) is 18.2 Å². The van der Waals surface area contributed by atoms with Crippen LogP contribution < -0.4 is 20.1 Å². The van der Waals surface area contributed by atoms with Crippen molar-refractivity contribution in [3.05, 3.63) is 53.6 Å². The molecule has 1 fully saturated rings. The molecule has 0 saturated carbocycles. The number of ether oxygens (including phenoxy) is 1. The van der Waals surface area contributed by atoms with Crippen molar-refractivity contribution in [1.82, 2.24) is 10.2 Å². The SMILES string of the molecule is COc1ccc(S(N)(=O)=O)cc1C(=O)NCc1ccccc1N1CCN(C)CC1. The van der Waals surface area contributed by atoms with E-state index < -0.39 is 15.9 Å². The number of nitrogens with two attached hydrogens (primary N) is 1. The minimum atomic E-state index is -3.92. The van der Waals surface area contributed by atoms with Gasteiger partial charge in [0.2, 0.25) is 10.0 Å². The Hall–Kier alpha value is -2.62. The fraction of sp³-hybridized carbons (Fsp3) is 0.350. The second-order valence-electron chi connectivity index (χ2n) is 7.01. The van der Waals surface area contributed by atoms with E-state index in [9.17, 15) is 13.2 Å². The normalized spacial score (nSPS) is 15.2. The van der Waals surface area contributed by atoms with E-state index in [1.54, 1.807) is 0 Å².